The summed E-state index contributed by atoms with van der Waals surface area (Å²) in [5.41, 5.74) is 2.43. The van der Waals surface area contributed by atoms with E-state index >= 15 is 0 Å². The molecule has 0 heterocycles. The first kappa shape index (κ1) is 35.4. The van der Waals surface area contributed by atoms with Gasteiger partial charge in [0.15, 0.2) is 0 Å². The van der Waals surface area contributed by atoms with Gasteiger partial charge in [-0.3, -0.25) is 19.3 Å². The van der Waals surface area contributed by atoms with E-state index in [0.717, 1.165) is 16.7 Å². The Kier molecular flexibility index (Phi) is 15.8. The summed E-state index contributed by atoms with van der Waals surface area (Å²) in [5.74, 6) is -0.992. The normalized spacial score (nSPS) is 11.3. The summed E-state index contributed by atoms with van der Waals surface area (Å²) in [4.78, 5) is 37.6. The Labute approximate surface area is 265 Å². The van der Waals surface area contributed by atoms with E-state index in [1.54, 1.807) is 0 Å². The minimum atomic E-state index is -0.710. The third kappa shape index (κ3) is 11.4. The van der Waals surface area contributed by atoms with Crippen molar-refractivity contribution < 1.29 is 38.1 Å². The van der Waals surface area contributed by atoms with Gasteiger partial charge in [-0.2, -0.15) is 0 Å². The first-order chi connectivity index (χ1) is 22.0. The maximum Gasteiger partial charge on any atom is 0.320 e. The molecular weight excluding hydrogens is 576 g/mol. The van der Waals surface area contributed by atoms with Gasteiger partial charge in [0.1, 0.15) is 13.2 Å². The van der Waals surface area contributed by atoms with Gasteiger partial charge in [0, 0.05) is 13.5 Å². The second kappa shape index (κ2) is 20.0. The highest BCUT2D eigenvalue weighted by atomic mass is 16.6. The number of likely N-dealkylation sites (N-methyl/N-ethyl adjacent to an activating group) is 1. The Hall–Kier alpha value is -4.09. The van der Waals surface area contributed by atoms with Crippen LogP contribution in [-0.4, -0.2) is 96.2 Å². The minimum absolute atomic E-state index is 0.0382. The van der Waals surface area contributed by atoms with Crippen molar-refractivity contribution in [3.8, 4) is 0 Å². The Morgan fingerprint density at radius 2 is 0.956 bits per heavy atom. The third-order valence-corrected chi connectivity index (χ3v) is 7.07. The highest BCUT2D eigenvalue weighted by Crippen LogP contribution is 2.41. The van der Waals surface area contributed by atoms with Crippen molar-refractivity contribution in [2.75, 3.05) is 73.5 Å². The van der Waals surface area contributed by atoms with E-state index in [-0.39, 0.29) is 57.7 Å². The predicted octanol–water partition coefficient (Wildman–Crippen LogP) is 3.57. The van der Waals surface area contributed by atoms with E-state index in [1.165, 1.54) is 7.05 Å². The van der Waals surface area contributed by atoms with Gasteiger partial charge in [-0.1, -0.05) is 91.0 Å². The molecule has 0 aromatic heterocycles. The second-order valence-electron chi connectivity index (χ2n) is 10.1. The van der Waals surface area contributed by atoms with E-state index < -0.39 is 11.5 Å². The number of benzene rings is 3. The third-order valence-electron chi connectivity index (χ3n) is 7.07. The van der Waals surface area contributed by atoms with Crippen LogP contribution in [0.2, 0.25) is 0 Å². The van der Waals surface area contributed by atoms with Gasteiger partial charge in [0.05, 0.1) is 58.1 Å². The molecule has 45 heavy (non-hydrogen) atoms. The van der Waals surface area contributed by atoms with Gasteiger partial charge in [0.25, 0.3) is 0 Å². The molecule has 0 aliphatic rings. The average Bonchev–Trinajstić information content (AvgIpc) is 3.07. The van der Waals surface area contributed by atoms with Crippen molar-refractivity contribution in [1.29, 1.82) is 0 Å². The quantitative estimate of drug-likeness (QED) is 0.109. The maximum absolute atomic E-state index is 13.0. The number of carbonyl (C=O) groups is 3. The summed E-state index contributed by atoms with van der Waals surface area (Å²) in [7, 11) is 3.46. The SMILES string of the molecule is CNC(=O)CCC(=O)OCCOCCOCCOCCOC(=O)CN(C)C(c1ccccc1)(c1ccccc1)c1ccccc1. The van der Waals surface area contributed by atoms with Crippen molar-refractivity contribution >= 4 is 17.8 Å². The van der Waals surface area contributed by atoms with Gasteiger partial charge >= 0.3 is 11.9 Å². The predicted molar refractivity (Wildman–Crippen MR) is 170 cm³/mol. The van der Waals surface area contributed by atoms with Crippen LogP contribution in [0.25, 0.3) is 0 Å². The standard InChI is InChI=1S/C35H44N2O8/c1-36-32(38)18-19-33(39)44-26-24-42-22-20-41-21-23-43-25-27-45-34(40)28-37(2)35(29-12-6-3-7-13-29,30-14-8-4-9-15-30)31-16-10-5-11-17-31/h3-17H,18-28H2,1-2H3,(H,36,38). The molecule has 0 radical (unpaired) electrons. The highest BCUT2D eigenvalue weighted by Gasteiger charge is 2.41. The number of hydrogen-bond donors (Lipinski definition) is 1. The molecule has 10 heteroatoms. The van der Waals surface area contributed by atoms with E-state index in [2.05, 4.69) is 41.7 Å². The van der Waals surface area contributed by atoms with Gasteiger partial charge < -0.3 is 29.0 Å². The zero-order chi connectivity index (χ0) is 32.2. The Balaban J connectivity index is 1.36. The Bertz CT molecular complexity index is 1180. The number of ether oxygens (including phenoxy) is 5. The van der Waals surface area contributed by atoms with E-state index in [4.69, 9.17) is 23.7 Å². The summed E-state index contributed by atoms with van der Waals surface area (Å²) in [6.07, 6.45) is 0.140. The molecule has 1 amide bonds. The van der Waals surface area contributed by atoms with Crippen LogP contribution < -0.4 is 5.32 Å². The zero-order valence-corrected chi connectivity index (χ0v) is 26.2. The molecule has 0 saturated heterocycles. The van der Waals surface area contributed by atoms with Crippen molar-refractivity contribution in [2.24, 2.45) is 0 Å². The lowest BCUT2D eigenvalue weighted by atomic mass is 9.76. The fourth-order valence-electron chi connectivity index (χ4n) is 4.94. The molecule has 0 unspecified atom stereocenters. The molecule has 1 N–H and O–H groups in total. The molecule has 0 spiro atoms. The maximum atomic E-state index is 13.0. The number of nitrogens with zero attached hydrogens (tertiary/aromatic N) is 1. The van der Waals surface area contributed by atoms with Gasteiger partial charge in [-0.25, -0.2) is 0 Å². The summed E-state index contributed by atoms with van der Waals surface area (Å²) in [6.45, 7) is 2.23. The molecule has 3 aromatic rings. The molecule has 0 aliphatic heterocycles. The summed E-state index contributed by atoms with van der Waals surface area (Å²) in [5, 5.41) is 2.45. The topological polar surface area (TPSA) is 113 Å². The lowest BCUT2D eigenvalue weighted by molar-refractivity contribution is -0.147. The molecule has 0 saturated carbocycles. The summed E-state index contributed by atoms with van der Waals surface area (Å²) in [6, 6.07) is 30.5. The fraction of sp³-hybridized carbons (Fsp3) is 0.400. The van der Waals surface area contributed by atoms with E-state index in [9.17, 15) is 14.4 Å². The smallest absolute Gasteiger partial charge is 0.320 e. The van der Waals surface area contributed by atoms with Crippen molar-refractivity contribution in [3.05, 3.63) is 108 Å². The molecular formula is C35H44N2O8. The van der Waals surface area contributed by atoms with Crippen LogP contribution in [0.3, 0.4) is 0 Å². The Morgan fingerprint density at radius 1 is 0.578 bits per heavy atom. The average molecular weight is 621 g/mol. The molecule has 0 fully saturated rings. The first-order valence-corrected chi connectivity index (χ1v) is 15.1. The number of carbonyl (C=O) groups excluding carboxylic acids is 3. The first-order valence-electron chi connectivity index (χ1n) is 15.1. The number of amides is 1. The van der Waals surface area contributed by atoms with Crippen LogP contribution >= 0.6 is 0 Å². The van der Waals surface area contributed by atoms with Crippen molar-refractivity contribution in [3.63, 3.8) is 0 Å². The second-order valence-corrected chi connectivity index (χ2v) is 10.1. The number of rotatable bonds is 21. The van der Waals surface area contributed by atoms with Crippen molar-refractivity contribution in [2.45, 2.75) is 18.4 Å². The van der Waals surface area contributed by atoms with Crippen LogP contribution in [0.1, 0.15) is 29.5 Å². The van der Waals surface area contributed by atoms with Gasteiger partial charge in [0.2, 0.25) is 5.91 Å². The van der Waals surface area contributed by atoms with Crippen LogP contribution in [0.5, 0.6) is 0 Å². The lowest BCUT2D eigenvalue weighted by Gasteiger charge is -2.43. The van der Waals surface area contributed by atoms with Crippen molar-refractivity contribution in [1.82, 2.24) is 10.2 Å². The monoisotopic (exact) mass is 620 g/mol. The largest absolute Gasteiger partial charge is 0.463 e. The van der Waals surface area contributed by atoms with Crippen LogP contribution in [0.15, 0.2) is 91.0 Å². The van der Waals surface area contributed by atoms with Gasteiger partial charge in [-0.15, -0.1) is 0 Å². The van der Waals surface area contributed by atoms with Crippen LogP contribution in [0.4, 0.5) is 0 Å². The lowest BCUT2D eigenvalue weighted by Crippen LogP contribution is -2.48. The van der Waals surface area contributed by atoms with E-state index in [0.29, 0.717) is 26.4 Å². The Morgan fingerprint density at radius 3 is 1.36 bits per heavy atom. The number of hydrogen-bond acceptors (Lipinski definition) is 9. The molecule has 3 rings (SSSR count). The summed E-state index contributed by atoms with van der Waals surface area (Å²) >= 11 is 0. The highest BCUT2D eigenvalue weighted by molar-refractivity contribution is 5.81. The molecule has 0 aliphatic carbocycles. The number of esters is 2. The molecule has 3 aromatic carbocycles. The minimum Gasteiger partial charge on any atom is -0.463 e. The molecule has 0 atom stereocenters. The van der Waals surface area contributed by atoms with Gasteiger partial charge in [-0.05, 0) is 23.7 Å². The van der Waals surface area contributed by atoms with Crippen LogP contribution in [0, 0.1) is 0 Å². The van der Waals surface area contributed by atoms with E-state index in [1.807, 2.05) is 66.5 Å². The molecule has 242 valence electrons. The fourth-order valence-corrected chi connectivity index (χ4v) is 4.94. The molecule has 0 bridgehead atoms. The number of nitrogens with one attached hydrogen (secondary N) is 1. The molecule has 10 nitrogen and oxygen atoms in total. The zero-order valence-electron chi connectivity index (χ0n) is 26.2. The summed E-state index contributed by atoms with van der Waals surface area (Å²) < 4.78 is 26.9. The van der Waals surface area contributed by atoms with Crippen LogP contribution in [-0.2, 0) is 43.6 Å².